The third-order valence-corrected chi connectivity index (χ3v) is 3.69. The molecule has 2 amide bonds. The second-order valence-electron chi connectivity index (χ2n) is 4.86. The van der Waals surface area contributed by atoms with Gasteiger partial charge >= 0.3 is 0 Å². The Bertz CT molecular complexity index is 662. The van der Waals surface area contributed by atoms with Crippen LogP contribution in [0.3, 0.4) is 0 Å². The van der Waals surface area contributed by atoms with Gasteiger partial charge in [-0.3, -0.25) is 9.59 Å². The highest BCUT2D eigenvalue weighted by Crippen LogP contribution is 2.23. The number of rotatable bonds is 2. The molecule has 1 atom stereocenters. The molecule has 3 rings (SSSR count). The van der Waals surface area contributed by atoms with Crippen LogP contribution in [0.15, 0.2) is 34.9 Å². The average Bonchev–Trinajstić information content (AvgIpc) is 2.90. The van der Waals surface area contributed by atoms with Gasteiger partial charge < -0.3 is 14.6 Å². The fraction of sp³-hybridized carbons (Fsp3) is 0.333. The molecule has 104 valence electrons. The normalized spacial score (nSPS) is 19.1. The van der Waals surface area contributed by atoms with Gasteiger partial charge in [-0.15, -0.1) is 0 Å². The fourth-order valence-electron chi connectivity index (χ4n) is 2.66. The van der Waals surface area contributed by atoms with E-state index >= 15 is 0 Å². The lowest BCUT2D eigenvalue weighted by Crippen LogP contribution is -2.56. The van der Waals surface area contributed by atoms with E-state index < -0.39 is 6.04 Å². The second kappa shape index (κ2) is 5.00. The molecule has 1 aromatic heterocycles. The van der Waals surface area contributed by atoms with Crippen LogP contribution < -0.4 is 5.32 Å². The van der Waals surface area contributed by atoms with Crippen LogP contribution in [0.5, 0.6) is 0 Å². The first-order valence-electron chi connectivity index (χ1n) is 6.77. The summed E-state index contributed by atoms with van der Waals surface area (Å²) in [6.45, 7) is 2.93. The Morgan fingerprint density at radius 1 is 1.45 bits per heavy atom. The molecule has 1 fully saturated rings. The highest BCUT2D eigenvalue weighted by Gasteiger charge is 2.33. The first-order valence-corrected chi connectivity index (χ1v) is 6.77. The van der Waals surface area contributed by atoms with Gasteiger partial charge in [-0.1, -0.05) is 25.1 Å². The smallest absolute Gasteiger partial charge is 0.258 e. The van der Waals surface area contributed by atoms with Crippen LogP contribution in [-0.4, -0.2) is 35.8 Å². The van der Waals surface area contributed by atoms with Gasteiger partial charge in [0.2, 0.25) is 5.91 Å². The van der Waals surface area contributed by atoms with Gasteiger partial charge in [0.25, 0.3) is 5.91 Å². The van der Waals surface area contributed by atoms with Gasteiger partial charge in [-0.2, -0.15) is 0 Å². The predicted octanol–water partition coefficient (Wildman–Crippen LogP) is 1.78. The van der Waals surface area contributed by atoms with Gasteiger partial charge in [0.1, 0.15) is 17.9 Å². The van der Waals surface area contributed by atoms with E-state index in [1.807, 2.05) is 31.2 Å². The third-order valence-electron chi connectivity index (χ3n) is 3.69. The lowest BCUT2D eigenvalue weighted by Gasteiger charge is -2.34. The number of furan rings is 1. The minimum atomic E-state index is -0.398. The monoisotopic (exact) mass is 272 g/mol. The number of nitrogens with zero attached hydrogens (tertiary/aromatic N) is 1. The molecule has 1 aliphatic heterocycles. The Morgan fingerprint density at radius 2 is 2.25 bits per heavy atom. The van der Waals surface area contributed by atoms with Crippen molar-refractivity contribution >= 4 is 22.8 Å². The molecule has 20 heavy (non-hydrogen) atoms. The van der Waals surface area contributed by atoms with Crippen LogP contribution in [0.1, 0.15) is 23.7 Å². The number of para-hydroxylation sites is 1. The van der Waals surface area contributed by atoms with Crippen molar-refractivity contribution in [1.82, 2.24) is 10.2 Å². The Balaban J connectivity index is 1.97. The lowest BCUT2D eigenvalue weighted by molar-refractivity contribution is -0.127. The van der Waals surface area contributed by atoms with E-state index in [1.54, 1.807) is 4.90 Å². The van der Waals surface area contributed by atoms with Crippen LogP contribution >= 0.6 is 0 Å². The molecule has 0 spiro atoms. The van der Waals surface area contributed by atoms with Crippen LogP contribution in [0.2, 0.25) is 0 Å². The summed E-state index contributed by atoms with van der Waals surface area (Å²) in [4.78, 5) is 26.2. The predicted molar refractivity (Wildman–Crippen MR) is 74.3 cm³/mol. The maximum Gasteiger partial charge on any atom is 0.258 e. The second-order valence-corrected chi connectivity index (χ2v) is 4.86. The van der Waals surface area contributed by atoms with Gasteiger partial charge in [0, 0.05) is 18.5 Å². The number of piperazine rings is 1. The SMILES string of the molecule is CCC1C(=O)NCCN1C(=O)c1coc2ccccc12. The number of hydrogen-bond donors (Lipinski definition) is 1. The molecule has 1 N–H and O–H groups in total. The summed E-state index contributed by atoms with van der Waals surface area (Å²) in [5.74, 6) is -0.225. The minimum Gasteiger partial charge on any atom is -0.463 e. The van der Waals surface area contributed by atoms with Crippen LogP contribution in [-0.2, 0) is 4.79 Å². The van der Waals surface area contributed by atoms with E-state index in [9.17, 15) is 9.59 Å². The van der Waals surface area contributed by atoms with E-state index in [0.717, 1.165) is 5.39 Å². The number of carbonyl (C=O) groups excluding carboxylic acids is 2. The number of amides is 2. The van der Waals surface area contributed by atoms with Crippen molar-refractivity contribution in [2.75, 3.05) is 13.1 Å². The van der Waals surface area contributed by atoms with Crippen LogP contribution in [0, 0.1) is 0 Å². The quantitative estimate of drug-likeness (QED) is 0.906. The zero-order valence-corrected chi connectivity index (χ0v) is 11.3. The molecular weight excluding hydrogens is 256 g/mol. The molecule has 0 saturated carbocycles. The molecule has 0 radical (unpaired) electrons. The first kappa shape index (κ1) is 12.7. The van der Waals surface area contributed by atoms with E-state index in [-0.39, 0.29) is 11.8 Å². The van der Waals surface area contributed by atoms with Crippen LogP contribution in [0.4, 0.5) is 0 Å². The van der Waals surface area contributed by atoms with Gasteiger partial charge in [-0.05, 0) is 12.5 Å². The van der Waals surface area contributed by atoms with Crippen molar-refractivity contribution in [1.29, 1.82) is 0 Å². The van der Waals surface area contributed by atoms with Crippen molar-refractivity contribution in [2.45, 2.75) is 19.4 Å². The highest BCUT2D eigenvalue weighted by molar-refractivity contribution is 6.07. The van der Waals surface area contributed by atoms with E-state index in [2.05, 4.69) is 5.32 Å². The highest BCUT2D eigenvalue weighted by atomic mass is 16.3. The topological polar surface area (TPSA) is 62.6 Å². The number of fused-ring (bicyclic) bond motifs is 1. The van der Waals surface area contributed by atoms with E-state index in [4.69, 9.17) is 4.42 Å². The zero-order valence-electron chi connectivity index (χ0n) is 11.3. The number of nitrogens with one attached hydrogen (secondary N) is 1. The van der Waals surface area contributed by atoms with Crippen LogP contribution in [0.25, 0.3) is 11.0 Å². The summed E-state index contributed by atoms with van der Waals surface area (Å²) in [5.41, 5.74) is 1.21. The molecule has 1 unspecified atom stereocenters. The Labute approximate surface area is 116 Å². The molecule has 1 aromatic carbocycles. The van der Waals surface area contributed by atoms with Crippen molar-refractivity contribution in [2.24, 2.45) is 0 Å². The fourth-order valence-corrected chi connectivity index (χ4v) is 2.66. The summed E-state index contributed by atoms with van der Waals surface area (Å²) in [5, 5.41) is 3.58. The Morgan fingerprint density at radius 3 is 3.05 bits per heavy atom. The molecule has 1 saturated heterocycles. The van der Waals surface area contributed by atoms with E-state index in [1.165, 1.54) is 6.26 Å². The van der Waals surface area contributed by atoms with E-state index in [0.29, 0.717) is 30.7 Å². The summed E-state index contributed by atoms with van der Waals surface area (Å²) < 4.78 is 5.41. The number of carbonyl (C=O) groups is 2. The standard InChI is InChI=1S/C15H16N2O3/c1-2-12-14(18)16-7-8-17(12)15(19)11-9-20-13-6-4-3-5-10(11)13/h3-6,9,12H,2,7-8H2,1H3,(H,16,18). The van der Waals surface area contributed by atoms with Gasteiger partial charge in [-0.25, -0.2) is 0 Å². The molecule has 0 aliphatic carbocycles. The summed E-state index contributed by atoms with van der Waals surface area (Å²) in [6.07, 6.45) is 2.08. The van der Waals surface area contributed by atoms with Crippen molar-refractivity contribution in [3.8, 4) is 0 Å². The Hall–Kier alpha value is -2.30. The van der Waals surface area contributed by atoms with Gasteiger partial charge in [0.15, 0.2) is 0 Å². The molecule has 1 aliphatic rings. The maximum absolute atomic E-state index is 12.7. The number of hydrogen-bond acceptors (Lipinski definition) is 3. The molecule has 5 nitrogen and oxygen atoms in total. The molecule has 5 heteroatoms. The molecular formula is C15H16N2O3. The van der Waals surface area contributed by atoms with Gasteiger partial charge in [0.05, 0.1) is 5.56 Å². The zero-order chi connectivity index (χ0) is 14.1. The molecule has 2 heterocycles. The largest absolute Gasteiger partial charge is 0.463 e. The summed E-state index contributed by atoms with van der Waals surface area (Å²) in [7, 11) is 0. The van der Waals surface area contributed by atoms with Crippen molar-refractivity contribution < 1.29 is 14.0 Å². The van der Waals surface area contributed by atoms with Crippen molar-refractivity contribution in [3.63, 3.8) is 0 Å². The first-order chi connectivity index (χ1) is 9.72. The minimum absolute atomic E-state index is 0.0834. The Kier molecular flexibility index (Phi) is 3.18. The summed E-state index contributed by atoms with van der Waals surface area (Å²) >= 11 is 0. The molecule has 2 aromatic rings. The number of benzene rings is 1. The third kappa shape index (κ3) is 1.95. The molecule has 0 bridgehead atoms. The summed E-state index contributed by atoms with van der Waals surface area (Å²) in [6, 6.07) is 7.02. The maximum atomic E-state index is 12.7. The van der Waals surface area contributed by atoms with Crippen molar-refractivity contribution in [3.05, 3.63) is 36.1 Å². The lowest BCUT2D eigenvalue weighted by atomic mass is 10.1. The average molecular weight is 272 g/mol.